The summed E-state index contributed by atoms with van der Waals surface area (Å²) in [6.45, 7) is 7.84. The number of aliphatic hydroxyl groups excluding tert-OH is 1. The molecule has 1 aromatic heterocycles. The van der Waals surface area contributed by atoms with Crippen LogP contribution >= 0.6 is 0 Å². The van der Waals surface area contributed by atoms with Crippen LogP contribution in [0.15, 0.2) is 6.07 Å². The fourth-order valence-corrected chi connectivity index (χ4v) is 1.38. The van der Waals surface area contributed by atoms with Gasteiger partial charge in [0.25, 0.3) is 0 Å². The summed E-state index contributed by atoms with van der Waals surface area (Å²) >= 11 is 0. The van der Waals surface area contributed by atoms with Gasteiger partial charge in [0.2, 0.25) is 5.95 Å². The molecule has 0 aliphatic rings. The number of hydrogen-bond donors (Lipinski definition) is 2. The van der Waals surface area contributed by atoms with E-state index in [1.165, 1.54) is 0 Å². The smallest absolute Gasteiger partial charge is 0.224 e. The Bertz CT molecular complexity index is 431. The second-order valence-electron chi connectivity index (χ2n) is 5.08. The maximum absolute atomic E-state index is 9.34. The molecule has 0 saturated carbocycles. The third-order valence-electron chi connectivity index (χ3n) is 2.50. The number of rotatable bonds is 3. The van der Waals surface area contributed by atoms with E-state index in [4.69, 9.17) is 5.26 Å². The first kappa shape index (κ1) is 13.4. The van der Waals surface area contributed by atoms with Crippen LogP contribution in [0.4, 0.5) is 5.95 Å². The van der Waals surface area contributed by atoms with Gasteiger partial charge in [-0.1, -0.05) is 20.8 Å². The molecule has 1 heterocycles. The number of hydrogen-bond acceptors (Lipinski definition) is 5. The Kier molecular flexibility index (Phi) is 4.02. The molecule has 0 aliphatic heterocycles. The van der Waals surface area contributed by atoms with Crippen molar-refractivity contribution in [1.82, 2.24) is 9.97 Å². The van der Waals surface area contributed by atoms with Crippen molar-refractivity contribution in [2.75, 3.05) is 11.9 Å². The van der Waals surface area contributed by atoms with Gasteiger partial charge >= 0.3 is 0 Å². The Morgan fingerprint density at radius 1 is 1.47 bits per heavy atom. The second-order valence-corrected chi connectivity index (χ2v) is 5.08. The molecular formula is C12H18N4O. The van der Waals surface area contributed by atoms with Gasteiger partial charge < -0.3 is 10.4 Å². The summed E-state index contributed by atoms with van der Waals surface area (Å²) in [5.41, 5.74) is 0.935. The highest BCUT2D eigenvalue weighted by atomic mass is 16.3. The largest absolute Gasteiger partial charge is 0.394 e. The monoisotopic (exact) mass is 234 g/mol. The average Bonchev–Trinajstić information content (AvgIpc) is 2.23. The van der Waals surface area contributed by atoms with E-state index in [9.17, 15) is 5.11 Å². The summed E-state index contributed by atoms with van der Waals surface area (Å²) in [4.78, 5) is 8.26. The van der Waals surface area contributed by atoms with Crippen LogP contribution in [0, 0.1) is 23.7 Å². The summed E-state index contributed by atoms with van der Waals surface area (Å²) < 4.78 is 0. The van der Waals surface area contributed by atoms with E-state index in [2.05, 4.69) is 15.3 Å². The maximum atomic E-state index is 9.34. The zero-order valence-corrected chi connectivity index (χ0v) is 10.7. The lowest BCUT2D eigenvalue weighted by Gasteiger charge is -2.29. The topological polar surface area (TPSA) is 81.8 Å². The summed E-state index contributed by atoms with van der Waals surface area (Å²) in [5, 5.41) is 21.2. The number of aliphatic hydroxyl groups is 1. The van der Waals surface area contributed by atoms with E-state index in [1.54, 1.807) is 13.0 Å². The summed E-state index contributed by atoms with van der Waals surface area (Å²) in [6.07, 6.45) is 0. The van der Waals surface area contributed by atoms with Gasteiger partial charge in [-0.15, -0.1) is 0 Å². The van der Waals surface area contributed by atoms with Crippen LogP contribution < -0.4 is 5.32 Å². The molecule has 17 heavy (non-hydrogen) atoms. The highest BCUT2D eigenvalue weighted by molar-refractivity contribution is 5.34. The molecular weight excluding hydrogens is 216 g/mol. The van der Waals surface area contributed by atoms with E-state index >= 15 is 0 Å². The van der Waals surface area contributed by atoms with Gasteiger partial charge in [0.15, 0.2) is 0 Å². The Morgan fingerprint density at radius 2 is 2.12 bits per heavy atom. The van der Waals surface area contributed by atoms with E-state index in [0.29, 0.717) is 11.6 Å². The molecule has 0 unspecified atom stereocenters. The first-order valence-corrected chi connectivity index (χ1v) is 5.50. The number of anilines is 1. The van der Waals surface area contributed by atoms with Crippen molar-refractivity contribution in [3.8, 4) is 6.07 Å². The number of nitrogens with one attached hydrogen (secondary N) is 1. The van der Waals surface area contributed by atoms with Gasteiger partial charge in [-0.3, -0.25) is 0 Å². The quantitative estimate of drug-likeness (QED) is 0.827. The fourth-order valence-electron chi connectivity index (χ4n) is 1.38. The second kappa shape index (κ2) is 5.11. The van der Waals surface area contributed by atoms with Crippen LogP contribution in [0.1, 0.15) is 32.2 Å². The molecule has 1 atom stereocenters. The van der Waals surface area contributed by atoms with E-state index in [0.717, 1.165) is 5.69 Å². The normalized spacial score (nSPS) is 12.9. The maximum Gasteiger partial charge on any atom is 0.224 e. The van der Waals surface area contributed by atoms with Crippen molar-refractivity contribution in [3.63, 3.8) is 0 Å². The molecule has 5 nitrogen and oxygen atoms in total. The molecule has 0 saturated heterocycles. The molecule has 0 spiro atoms. The summed E-state index contributed by atoms with van der Waals surface area (Å²) in [6, 6.07) is 3.45. The minimum absolute atomic E-state index is 0.0112. The summed E-state index contributed by atoms with van der Waals surface area (Å²) in [7, 11) is 0. The van der Waals surface area contributed by atoms with E-state index in [-0.39, 0.29) is 18.1 Å². The van der Waals surface area contributed by atoms with Crippen molar-refractivity contribution in [3.05, 3.63) is 17.5 Å². The predicted molar refractivity (Wildman–Crippen MR) is 65.4 cm³/mol. The minimum atomic E-state index is -0.157. The molecule has 0 aliphatic carbocycles. The molecule has 5 heteroatoms. The average molecular weight is 234 g/mol. The van der Waals surface area contributed by atoms with Gasteiger partial charge in [0, 0.05) is 5.69 Å². The van der Waals surface area contributed by atoms with Crippen molar-refractivity contribution < 1.29 is 5.11 Å². The lowest BCUT2D eigenvalue weighted by atomic mass is 9.87. The third kappa shape index (κ3) is 3.68. The zero-order chi connectivity index (χ0) is 13.1. The molecule has 0 aromatic carbocycles. The molecule has 0 radical (unpaired) electrons. The zero-order valence-electron chi connectivity index (χ0n) is 10.7. The highest BCUT2D eigenvalue weighted by Gasteiger charge is 2.24. The first-order chi connectivity index (χ1) is 7.86. The molecule has 0 amide bonds. The van der Waals surface area contributed by atoms with Crippen molar-refractivity contribution >= 4 is 5.95 Å². The third-order valence-corrected chi connectivity index (χ3v) is 2.50. The minimum Gasteiger partial charge on any atom is -0.394 e. The van der Waals surface area contributed by atoms with Gasteiger partial charge in [-0.25, -0.2) is 9.97 Å². The van der Waals surface area contributed by atoms with Crippen molar-refractivity contribution in [2.45, 2.75) is 33.7 Å². The van der Waals surface area contributed by atoms with Gasteiger partial charge in [0.05, 0.1) is 12.6 Å². The molecule has 0 fully saturated rings. The lowest BCUT2D eigenvalue weighted by Crippen LogP contribution is -2.37. The highest BCUT2D eigenvalue weighted by Crippen LogP contribution is 2.21. The number of nitriles is 1. The molecule has 92 valence electrons. The van der Waals surface area contributed by atoms with Gasteiger partial charge in [-0.05, 0) is 18.4 Å². The van der Waals surface area contributed by atoms with E-state index < -0.39 is 0 Å². The van der Waals surface area contributed by atoms with Crippen LogP contribution in [-0.2, 0) is 0 Å². The van der Waals surface area contributed by atoms with Crippen LogP contribution in [-0.4, -0.2) is 27.7 Å². The van der Waals surface area contributed by atoms with Crippen LogP contribution in [0.2, 0.25) is 0 Å². The van der Waals surface area contributed by atoms with Gasteiger partial charge in [0.1, 0.15) is 11.8 Å². The first-order valence-electron chi connectivity index (χ1n) is 5.50. The Balaban J connectivity index is 2.95. The van der Waals surface area contributed by atoms with Crippen molar-refractivity contribution in [2.24, 2.45) is 5.41 Å². The standard InChI is InChI=1S/C12H18N4O/c1-8-5-9(6-13)15-11(14-8)16-10(7-17)12(2,3)4/h5,10,17H,7H2,1-4H3,(H,14,15,16)/t10-/m0/s1. The molecule has 1 rings (SSSR count). The number of aryl methyl sites for hydroxylation is 1. The van der Waals surface area contributed by atoms with Crippen LogP contribution in [0.3, 0.4) is 0 Å². The Labute approximate surface area is 102 Å². The molecule has 2 N–H and O–H groups in total. The van der Waals surface area contributed by atoms with Crippen LogP contribution in [0.25, 0.3) is 0 Å². The Morgan fingerprint density at radius 3 is 2.59 bits per heavy atom. The van der Waals surface area contributed by atoms with Crippen molar-refractivity contribution in [1.29, 1.82) is 5.26 Å². The van der Waals surface area contributed by atoms with E-state index in [1.807, 2.05) is 26.8 Å². The molecule has 1 aromatic rings. The van der Waals surface area contributed by atoms with Crippen LogP contribution in [0.5, 0.6) is 0 Å². The number of nitrogens with zero attached hydrogens (tertiary/aromatic N) is 3. The molecule has 0 bridgehead atoms. The fraction of sp³-hybridized carbons (Fsp3) is 0.583. The summed E-state index contributed by atoms with van der Waals surface area (Å²) in [5.74, 6) is 0.385. The predicted octanol–water partition coefficient (Wildman–Crippen LogP) is 1.48. The van der Waals surface area contributed by atoms with Gasteiger partial charge in [-0.2, -0.15) is 5.26 Å². The Hall–Kier alpha value is -1.67. The number of aromatic nitrogens is 2. The lowest BCUT2D eigenvalue weighted by molar-refractivity contribution is 0.201. The SMILES string of the molecule is Cc1cc(C#N)nc(N[C@@H](CO)C(C)(C)C)n1.